The monoisotopic (exact) mass is 238 g/mol. The Morgan fingerprint density at radius 1 is 1.59 bits per heavy atom. The highest BCUT2D eigenvalue weighted by molar-refractivity contribution is 5.79. The Balaban J connectivity index is 2.45. The van der Waals surface area contributed by atoms with Crippen LogP contribution in [0.4, 0.5) is 0 Å². The summed E-state index contributed by atoms with van der Waals surface area (Å²) in [5, 5.41) is 7.30. The van der Waals surface area contributed by atoms with Gasteiger partial charge in [0, 0.05) is 27.7 Å². The average molecular weight is 238 g/mol. The molecule has 0 aliphatic heterocycles. The normalized spacial score (nSPS) is 11.6. The first-order valence-corrected chi connectivity index (χ1v) is 5.93. The smallest absolute Gasteiger partial charge is 0.193 e. The Kier molecular flexibility index (Phi) is 5.45. The highest BCUT2D eigenvalue weighted by atomic mass is 15.3. The van der Waals surface area contributed by atoms with E-state index in [0.717, 1.165) is 18.3 Å². The predicted molar refractivity (Wildman–Crippen MR) is 68.7 cm³/mol. The summed E-state index contributed by atoms with van der Waals surface area (Å²) in [6.07, 6.45) is 3.91. The van der Waals surface area contributed by atoms with Gasteiger partial charge in [-0.2, -0.15) is 5.10 Å². The van der Waals surface area contributed by atoms with Crippen molar-refractivity contribution in [1.82, 2.24) is 25.0 Å². The van der Waals surface area contributed by atoms with E-state index in [0.29, 0.717) is 6.54 Å². The van der Waals surface area contributed by atoms with E-state index < -0.39 is 0 Å². The second-order valence-electron chi connectivity index (χ2n) is 3.98. The van der Waals surface area contributed by atoms with Crippen LogP contribution in [0.2, 0.25) is 0 Å². The number of aryl methyl sites for hydroxylation is 1. The average Bonchev–Trinajstić information content (AvgIpc) is 2.73. The first-order chi connectivity index (χ1) is 8.19. The Bertz CT molecular complexity index is 357. The largest absolute Gasteiger partial charge is 0.349 e. The van der Waals surface area contributed by atoms with E-state index in [4.69, 9.17) is 0 Å². The number of unbranched alkanes of at least 4 members (excludes halogenated alkanes) is 1. The van der Waals surface area contributed by atoms with Gasteiger partial charge in [-0.1, -0.05) is 13.3 Å². The van der Waals surface area contributed by atoms with E-state index in [-0.39, 0.29) is 0 Å². The van der Waals surface area contributed by atoms with Crippen LogP contribution in [-0.4, -0.2) is 46.3 Å². The zero-order chi connectivity index (χ0) is 12.7. The zero-order valence-electron chi connectivity index (χ0n) is 11.1. The molecular formula is C11H22N6. The van der Waals surface area contributed by atoms with Gasteiger partial charge >= 0.3 is 0 Å². The first-order valence-electron chi connectivity index (χ1n) is 5.93. The van der Waals surface area contributed by atoms with Crippen LogP contribution in [0.1, 0.15) is 25.6 Å². The summed E-state index contributed by atoms with van der Waals surface area (Å²) >= 11 is 0. The maximum absolute atomic E-state index is 4.24. The summed E-state index contributed by atoms with van der Waals surface area (Å²) in [6.45, 7) is 3.83. The molecule has 96 valence electrons. The molecule has 0 amide bonds. The minimum absolute atomic E-state index is 0.639. The van der Waals surface area contributed by atoms with Crippen molar-refractivity contribution in [3.63, 3.8) is 0 Å². The standard InChI is InChI=1S/C11H22N6/c1-5-6-7-16(3)11(12-2)13-8-10-14-9-15-17(10)4/h9H,5-8H2,1-4H3,(H,12,13). The molecule has 0 radical (unpaired) electrons. The molecule has 0 unspecified atom stereocenters. The second kappa shape index (κ2) is 6.88. The number of hydrogen-bond donors (Lipinski definition) is 1. The van der Waals surface area contributed by atoms with Crippen LogP contribution in [0.5, 0.6) is 0 Å². The lowest BCUT2D eigenvalue weighted by atomic mass is 10.3. The van der Waals surface area contributed by atoms with Crippen molar-refractivity contribution >= 4 is 5.96 Å². The molecule has 0 fully saturated rings. The number of aliphatic imine (C=N–C) groups is 1. The van der Waals surface area contributed by atoms with Gasteiger partial charge in [-0.25, -0.2) is 4.98 Å². The van der Waals surface area contributed by atoms with E-state index in [1.54, 1.807) is 18.1 Å². The van der Waals surface area contributed by atoms with Crippen molar-refractivity contribution in [2.75, 3.05) is 20.6 Å². The lowest BCUT2D eigenvalue weighted by Crippen LogP contribution is -2.39. The van der Waals surface area contributed by atoms with Crippen molar-refractivity contribution < 1.29 is 0 Å². The summed E-state index contributed by atoms with van der Waals surface area (Å²) < 4.78 is 1.76. The fourth-order valence-corrected chi connectivity index (χ4v) is 1.52. The number of aromatic nitrogens is 3. The molecule has 0 bridgehead atoms. The Morgan fingerprint density at radius 2 is 2.35 bits per heavy atom. The zero-order valence-corrected chi connectivity index (χ0v) is 11.1. The van der Waals surface area contributed by atoms with Crippen LogP contribution in [0, 0.1) is 0 Å². The van der Waals surface area contributed by atoms with Crippen molar-refractivity contribution in [1.29, 1.82) is 0 Å². The van der Waals surface area contributed by atoms with E-state index in [2.05, 4.69) is 32.2 Å². The summed E-state index contributed by atoms with van der Waals surface area (Å²) in [5.41, 5.74) is 0. The van der Waals surface area contributed by atoms with Gasteiger partial charge < -0.3 is 10.2 Å². The Hall–Kier alpha value is -1.59. The lowest BCUT2D eigenvalue weighted by molar-refractivity contribution is 0.462. The third-order valence-corrected chi connectivity index (χ3v) is 2.63. The molecule has 0 saturated carbocycles. The van der Waals surface area contributed by atoms with E-state index in [1.165, 1.54) is 12.8 Å². The summed E-state index contributed by atoms with van der Waals surface area (Å²) in [4.78, 5) is 10.5. The number of rotatable bonds is 5. The lowest BCUT2D eigenvalue weighted by Gasteiger charge is -2.21. The van der Waals surface area contributed by atoms with Crippen molar-refractivity contribution in [2.45, 2.75) is 26.3 Å². The van der Waals surface area contributed by atoms with E-state index in [1.807, 2.05) is 14.1 Å². The van der Waals surface area contributed by atoms with Crippen LogP contribution < -0.4 is 5.32 Å². The van der Waals surface area contributed by atoms with Gasteiger partial charge in [-0.05, 0) is 6.42 Å². The van der Waals surface area contributed by atoms with Crippen molar-refractivity contribution in [3.05, 3.63) is 12.2 Å². The summed E-state index contributed by atoms with van der Waals surface area (Å²) in [5.74, 6) is 1.79. The predicted octanol–water partition coefficient (Wildman–Crippen LogP) is 0.622. The number of nitrogens with zero attached hydrogens (tertiary/aromatic N) is 5. The molecular weight excluding hydrogens is 216 g/mol. The molecule has 17 heavy (non-hydrogen) atoms. The van der Waals surface area contributed by atoms with Crippen molar-refractivity contribution in [3.8, 4) is 0 Å². The quantitative estimate of drug-likeness (QED) is 0.603. The minimum atomic E-state index is 0.639. The molecule has 1 heterocycles. The van der Waals surface area contributed by atoms with Gasteiger partial charge in [0.05, 0.1) is 6.54 Å². The SMILES string of the molecule is CCCCN(C)C(=NC)NCc1ncnn1C. The molecule has 1 aromatic heterocycles. The molecule has 1 aromatic rings. The molecule has 0 atom stereocenters. The molecule has 1 rings (SSSR count). The van der Waals surface area contributed by atoms with Gasteiger partial charge in [0.25, 0.3) is 0 Å². The second-order valence-corrected chi connectivity index (χ2v) is 3.98. The number of hydrogen-bond acceptors (Lipinski definition) is 3. The highest BCUT2D eigenvalue weighted by Crippen LogP contribution is 1.95. The molecule has 0 saturated heterocycles. The Morgan fingerprint density at radius 3 is 2.88 bits per heavy atom. The van der Waals surface area contributed by atoms with Crippen LogP contribution in [-0.2, 0) is 13.6 Å². The maximum Gasteiger partial charge on any atom is 0.193 e. The van der Waals surface area contributed by atoms with Gasteiger partial charge in [0.15, 0.2) is 5.96 Å². The van der Waals surface area contributed by atoms with Gasteiger partial charge in [0.1, 0.15) is 12.2 Å². The highest BCUT2D eigenvalue weighted by Gasteiger charge is 2.06. The summed E-state index contributed by atoms with van der Waals surface area (Å²) in [6, 6.07) is 0. The first kappa shape index (κ1) is 13.5. The van der Waals surface area contributed by atoms with Crippen LogP contribution in [0.3, 0.4) is 0 Å². The third kappa shape index (κ3) is 4.05. The van der Waals surface area contributed by atoms with Crippen molar-refractivity contribution in [2.24, 2.45) is 12.0 Å². The van der Waals surface area contributed by atoms with Crippen LogP contribution >= 0.6 is 0 Å². The number of guanidine groups is 1. The molecule has 6 heteroatoms. The van der Waals surface area contributed by atoms with E-state index in [9.17, 15) is 0 Å². The van der Waals surface area contributed by atoms with Crippen LogP contribution in [0.25, 0.3) is 0 Å². The van der Waals surface area contributed by atoms with Gasteiger partial charge in [-0.15, -0.1) is 0 Å². The molecule has 0 spiro atoms. The Labute approximate surface area is 103 Å². The number of nitrogens with one attached hydrogen (secondary N) is 1. The molecule has 0 aromatic carbocycles. The van der Waals surface area contributed by atoms with Crippen LogP contribution in [0.15, 0.2) is 11.3 Å². The topological polar surface area (TPSA) is 58.3 Å². The van der Waals surface area contributed by atoms with Gasteiger partial charge in [0.2, 0.25) is 0 Å². The maximum atomic E-state index is 4.24. The molecule has 0 aliphatic carbocycles. The fraction of sp³-hybridized carbons (Fsp3) is 0.727. The van der Waals surface area contributed by atoms with Gasteiger partial charge in [-0.3, -0.25) is 9.67 Å². The minimum Gasteiger partial charge on any atom is -0.349 e. The third-order valence-electron chi connectivity index (χ3n) is 2.63. The molecule has 1 N–H and O–H groups in total. The molecule has 6 nitrogen and oxygen atoms in total. The van der Waals surface area contributed by atoms with E-state index >= 15 is 0 Å². The molecule has 0 aliphatic rings. The summed E-state index contributed by atoms with van der Waals surface area (Å²) in [7, 11) is 5.72. The fourth-order valence-electron chi connectivity index (χ4n) is 1.52.